The van der Waals surface area contributed by atoms with Gasteiger partial charge in [0.05, 0.1) is 31.4 Å². The molecule has 0 aliphatic heterocycles. The molecule has 0 saturated carbocycles. The highest BCUT2D eigenvalue weighted by molar-refractivity contribution is 7.92. The Morgan fingerprint density at radius 3 is 2.16 bits per heavy atom. The molecule has 0 radical (unpaired) electrons. The number of ether oxygens (including phenoxy) is 3. The molecule has 4 aromatic carbocycles. The van der Waals surface area contributed by atoms with E-state index in [2.05, 4.69) is 5.32 Å². The van der Waals surface area contributed by atoms with Gasteiger partial charge >= 0.3 is 0 Å². The number of nitrogens with zero attached hydrogens (tertiary/aromatic N) is 2. The van der Waals surface area contributed by atoms with E-state index in [-0.39, 0.29) is 35.2 Å². The molecule has 0 heterocycles. The van der Waals surface area contributed by atoms with E-state index in [1.54, 1.807) is 48.5 Å². The van der Waals surface area contributed by atoms with E-state index in [9.17, 15) is 18.0 Å². The second-order valence-corrected chi connectivity index (χ2v) is 13.3. The van der Waals surface area contributed by atoms with Crippen molar-refractivity contribution in [2.24, 2.45) is 0 Å². The molecular formula is C37H42ClN3O7S. The summed E-state index contributed by atoms with van der Waals surface area (Å²) < 4.78 is 46.2. The molecule has 0 saturated heterocycles. The number of benzene rings is 4. The summed E-state index contributed by atoms with van der Waals surface area (Å²) in [6, 6.07) is 26.1. The van der Waals surface area contributed by atoms with Crippen molar-refractivity contribution in [1.82, 2.24) is 10.2 Å². The van der Waals surface area contributed by atoms with Crippen LogP contribution in [0.15, 0.2) is 102 Å². The van der Waals surface area contributed by atoms with Gasteiger partial charge in [-0.3, -0.25) is 13.9 Å². The maximum atomic E-state index is 14.7. The molecule has 49 heavy (non-hydrogen) atoms. The fraction of sp³-hybridized carbons (Fsp3) is 0.297. The number of hydrogen-bond acceptors (Lipinski definition) is 7. The van der Waals surface area contributed by atoms with Crippen LogP contribution in [0.25, 0.3) is 0 Å². The summed E-state index contributed by atoms with van der Waals surface area (Å²) in [6.45, 7) is 3.95. The third kappa shape index (κ3) is 9.45. The lowest BCUT2D eigenvalue weighted by Gasteiger charge is -2.34. The Morgan fingerprint density at radius 2 is 1.53 bits per heavy atom. The first kappa shape index (κ1) is 37.1. The molecule has 4 rings (SSSR count). The third-order valence-electron chi connectivity index (χ3n) is 7.78. The van der Waals surface area contributed by atoms with Crippen molar-refractivity contribution in [3.05, 3.63) is 113 Å². The van der Waals surface area contributed by atoms with Crippen LogP contribution in [0.3, 0.4) is 0 Å². The lowest BCUT2D eigenvalue weighted by atomic mass is 10.0. The van der Waals surface area contributed by atoms with Crippen molar-refractivity contribution < 1.29 is 32.2 Å². The lowest BCUT2D eigenvalue weighted by molar-refractivity contribution is -0.140. The van der Waals surface area contributed by atoms with Gasteiger partial charge in [-0.15, -0.1) is 0 Å². The number of carbonyl (C=O) groups is 2. The van der Waals surface area contributed by atoms with Crippen LogP contribution >= 0.6 is 11.6 Å². The Hall–Kier alpha value is -4.74. The average molecular weight is 708 g/mol. The zero-order valence-electron chi connectivity index (χ0n) is 28.1. The number of halogens is 1. The molecule has 0 aliphatic rings. The number of amides is 2. The fourth-order valence-corrected chi connectivity index (χ4v) is 6.86. The van der Waals surface area contributed by atoms with Gasteiger partial charge in [-0.2, -0.15) is 0 Å². The number of anilines is 1. The van der Waals surface area contributed by atoms with Gasteiger partial charge in [0, 0.05) is 30.6 Å². The molecule has 260 valence electrons. The SMILES string of the molecule is CCCNC(=O)[C@H](Cc1ccccc1)N(Cc1ccccc1Cl)C(=O)CN(c1ccc(OCC)cc1)S(=O)(=O)c1ccc(OC)c(OC)c1. The number of rotatable bonds is 17. The monoisotopic (exact) mass is 707 g/mol. The summed E-state index contributed by atoms with van der Waals surface area (Å²) in [5.74, 6) is 0.124. The lowest BCUT2D eigenvalue weighted by Crippen LogP contribution is -2.53. The molecule has 10 nitrogen and oxygen atoms in total. The predicted octanol–water partition coefficient (Wildman–Crippen LogP) is 6.12. The summed E-state index contributed by atoms with van der Waals surface area (Å²) in [5.41, 5.74) is 1.66. The Kier molecular flexibility index (Phi) is 13.3. The van der Waals surface area contributed by atoms with Crippen molar-refractivity contribution >= 4 is 39.1 Å². The first-order chi connectivity index (χ1) is 23.6. The minimum Gasteiger partial charge on any atom is -0.494 e. The second kappa shape index (κ2) is 17.6. The minimum absolute atomic E-state index is 0.0386. The van der Waals surface area contributed by atoms with Crippen molar-refractivity contribution in [3.8, 4) is 17.2 Å². The van der Waals surface area contributed by atoms with Crippen LogP contribution in [0.2, 0.25) is 5.02 Å². The highest BCUT2D eigenvalue weighted by Crippen LogP contribution is 2.33. The largest absolute Gasteiger partial charge is 0.494 e. The number of nitrogens with one attached hydrogen (secondary N) is 1. The zero-order valence-corrected chi connectivity index (χ0v) is 29.7. The molecule has 0 bridgehead atoms. The second-order valence-electron chi connectivity index (χ2n) is 11.1. The van der Waals surface area contributed by atoms with Crippen LogP contribution in [0.1, 0.15) is 31.4 Å². The Balaban J connectivity index is 1.83. The number of sulfonamides is 1. The van der Waals surface area contributed by atoms with Gasteiger partial charge in [-0.25, -0.2) is 8.42 Å². The van der Waals surface area contributed by atoms with Crippen LogP contribution in [0.5, 0.6) is 17.2 Å². The maximum Gasteiger partial charge on any atom is 0.264 e. The Labute approximate surface area is 293 Å². The van der Waals surface area contributed by atoms with Gasteiger partial charge < -0.3 is 24.4 Å². The van der Waals surface area contributed by atoms with Gasteiger partial charge in [0.15, 0.2) is 11.5 Å². The molecule has 0 unspecified atom stereocenters. The van der Waals surface area contributed by atoms with E-state index in [0.717, 1.165) is 9.87 Å². The number of methoxy groups -OCH3 is 2. The summed E-state index contributed by atoms with van der Waals surface area (Å²) >= 11 is 6.57. The molecule has 4 aromatic rings. The minimum atomic E-state index is -4.38. The summed E-state index contributed by atoms with van der Waals surface area (Å²) in [4.78, 5) is 29.8. The molecule has 0 aromatic heterocycles. The maximum absolute atomic E-state index is 14.7. The van der Waals surface area contributed by atoms with Crippen LogP contribution < -0.4 is 23.8 Å². The molecule has 2 amide bonds. The molecule has 1 N–H and O–H groups in total. The van der Waals surface area contributed by atoms with Crippen molar-refractivity contribution in [3.63, 3.8) is 0 Å². The van der Waals surface area contributed by atoms with E-state index in [1.165, 1.54) is 37.3 Å². The van der Waals surface area contributed by atoms with E-state index >= 15 is 0 Å². The van der Waals surface area contributed by atoms with E-state index in [4.69, 9.17) is 25.8 Å². The van der Waals surface area contributed by atoms with Crippen molar-refractivity contribution in [2.75, 3.05) is 38.2 Å². The van der Waals surface area contributed by atoms with Crippen LogP contribution in [0.4, 0.5) is 5.69 Å². The van der Waals surface area contributed by atoms with E-state index in [1.807, 2.05) is 44.2 Å². The van der Waals surface area contributed by atoms with E-state index in [0.29, 0.717) is 41.7 Å². The smallest absolute Gasteiger partial charge is 0.264 e. The molecule has 1 atom stereocenters. The summed E-state index contributed by atoms with van der Waals surface area (Å²) in [7, 11) is -1.52. The van der Waals surface area contributed by atoms with Crippen LogP contribution in [-0.4, -0.2) is 65.1 Å². The highest BCUT2D eigenvalue weighted by Gasteiger charge is 2.35. The summed E-state index contributed by atoms with van der Waals surface area (Å²) in [6.07, 6.45) is 0.884. The number of carbonyl (C=O) groups excluding carboxylic acids is 2. The highest BCUT2D eigenvalue weighted by atomic mass is 35.5. The molecule has 0 spiro atoms. The first-order valence-electron chi connectivity index (χ1n) is 15.9. The van der Waals surface area contributed by atoms with Crippen molar-refractivity contribution in [2.45, 2.75) is 44.2 Å². The molecular weight excluding hydrogens is 666 g/mol. The Morgan fingerprint density at radius 1 is 0.857 bits per heavy atom. The van der Waals surface area contributed by atoms with Crippen LogP contribution in [0, 0.1) is 0 Å². The predicted molar refractivity (Wildman–Crippen MR) is 191 cm³/mol. The first-order valence-corrected chi connectivity index (χ1v) is 17.8. The topological polar surface area (TPSA) is 114 Å². The van der Waals surface area contributed by atoms with Crippen LogP contribution in [-0.2, 0) is 32.6 Å². The summed E-state index contributed by atoms with van der Waals surface area (Å²) in [5, 5.41) is 3.35. The van der Waals surface area contributed by atoms with Crippen molar-refractivity contribution in [1.29, 1.82) is 0 Å². The van der Waals surface area contributed by atoms with Gasteiger partial charge in [0.25, 0.3) is 10.0 Å². The Bertz CT molecular complexity index is 1800. The normalized spacial score (nSPS) is 11.7. The molecule has 12 heteroatoms. The quantitative estimate of drug-likeness (QED) is 0.141. The number of hydrogen-bond donors (Lipinski definition) is 1. The third-order valence-corrected chi connectivity index (χ3v) is 9.92. The van der Waals surface area contributed by atoms with Gasteiger partial charge in [-0.1, -0.05) is 67.1 Å². The zero-order chi connectivity index (χ0) is 35.4. The standard InChI is InChI=1S/C37H42ClN3O7S/c1-5-22-39-37(43)33(23-27-12-8-7-9-13-27)40(25-28-14-10-11-15-32(28)38)36(42)26-41(29-16-18-30(19-17-29)48-6-2)49(44,45)31-20-21-34(46-3)35(24-31)47-4/h7-21,24,33H,5-6,22-23,25-26H2,1-4H3,(H,39,43)/t33-/m0/s1. The molecule has 0 aliphatic carbocycles. The molecule has 0 fully saturated rings. The van der Waals surface area contributed by atoms with Gasteiger partial charge in [0.1, 0.15) is 18.3 Å². The van der Waals surface area contributed by atoms with Gasteiger partial charge in [-0.05, 0) is 66.9 Å². The van der Waals surface area contributed by atoms with E-state index < -0.39 is 28.5 Å². The fourth-order valence-electron chi connectivity index (χ4n) is 5.24. The average Bonchev–Trinajstić information content (AvgIpc) is 3.12. The van der Waals surface area contributed by atoms with Gasteiger partial charge in [0.2, 0.25) is 11.8 Å².